The third-order valence-electron chi connectivity index (χ3n) is 6.28. The van der Waals surface area contributed by atoms with Crippen molar-refractivity contribution >= 4 is 5.97 Å². The van der Waals surface area contributed by atoms with Gasteiger partial charge in [0.05, 0.1) is 18.3 Å². The molecular weight excluding hydrogens is 380 g/mol. The summed E-state index contributed by atoms with van der Waals surface area (Å²) in [6.07, 6.45) is 22.2. The van der Waals surface area contributed by atoms with Gasteiger partial charge in [-0.1, -0.05) is 84.0 Å². The van der Waals surface area contributed by atoms with Crippen molar-refractivity contribution in [2.75, 3.05) is 13.9 Å². The van der Waals surface area contributed by atoms with E-state index in [2.05, 4.69) is 6.92 Å². The number of ether oxygens (including phenoxy) is 4. The van der Waals surface area contributed by atoms with E-state index in [0.717, 1.165) is 25.7 Å². The van der Waals surface area contributed by atoms with Gasteiger partial charge in [-0.25, -0.2) is 4.79 Å². The molecule has 0 amide bonds. The molecule has 4 atom stereocenters. The Morgan fingerprint density at radius 3 is 2.17 bits per heavy atom. The average Bonchev–Trinajstić information content (AvgIpc) is 3.40. The lowest BCUT2D eigenvalue weighted by Gasteiger charge is -2.25. The van der Waals surface area contributed by atoms with Gasteiger partial charge in [-0.3, -0.25) is 0 Å². The molecule has 0 saturated carbocycles. The molecule has 5 nitrogen and oxygen atoms in total. The maximum atomic E-state index is 11.3. The van der Waals surface area contributed by atoms with Crippen LogP contribution in [0.15, 0.2) is 12.2 Å². The SMILES string of the molecule is CCCCCCCCCCCCCC[C@H](OCOC)[C@H]1CC[C@H](C2C=CC(=O)O2)O1. The van der Waals surface area contributed by atoms with Crippen LogP contribution in [-0.4, -0.2) is 44.3 Å². The smallest absolute Gasteiger partial charge is 0.331 e. The van der Waals surface area contributed by atoms with Crippen LogP contribution in [0.3, 0.4) is 0 Å². The molecule has 2 rings (SSSR count). The van der Waals surface area contributed by atoms with Crippen molar-refractivity contribution in [2.45, 2.75) is 128 Å². The van der Waals surface area contributed by atoms with Gasteiger partial charge in [0.25, 0.3) is 0 Å². The lowest BCUT2D eigenvalue weighted by molar-refractivity contribution is -0.152. The molecule has 5 heteroatoms. The van der Waals surface area contributed by atoms with E-state index in [1.165, 1.54) is 76.7 Å². The van der Waals surface area contributed by atoms with E-state index in [9.17, 15) is 4.79 Å². The van der Waals surface area contributed by atoms with Crippen LogP contribution in [0.25, 0.3) is 0 Å². The summed E-state index contributed by atoms with van der Waals surface area (Å²) in [5, 5.41) is 0. The first kappa shape index (κ1) is 25.4. The Morgan fingerprint density at radius 2 is 1.60 bits per heavy atom. The third-order valence-corrected chi connectivity index (χ3v) is 6.28. The quantitative estimate of drug-likeness (QED) is 0.151. The van der Waals surface area contributed by atoms with E-state index in [1.807, 2.05) is 6.08 Å². The van der Waals surface area contributed by atoms with Gasteiger partial charge in [-0.15, -0.1) is 0 Å². The molecule has 0 N–H and O–H groups in total. The standard InChI is InChI=1S/C25H44O5/c1-3-4-5-6-7-8-9-10-11-12-13-14-15-21(28-20-27-2)22-16-17-23(29-22)24-18-19-25(26)30-24/h18-19,21-24H,3-17,20H2,1-2H3/t21-,22+,23+,24?/m0/s1. The first-order chi connectivity index (χ1) is 14.7. The lowest BCUT2D eigenvalue weighted by atomic mass is 10.0. The molecule has 0 bridgehead atoms. The summed E-state index contributed by atoms with van der Waals surface area (Å²) in [5.41, 5.74) is 0. The molecule has 30 heavy (non-hydrogen) atoms. The zero-order valence-electron chi connectivity index (χ0n) is 19.3. The molecule has 174 valence electrons. The molecule has 0 radical (unpaired) electrons. The highest BCUT2D eigenvalue weighted by Crippen LogP contribution is 2.30. The minimum Gasteiger partial charge on any atom is -0.452 e. The summed E-state index contributed by atoms with van der Waals surface area (Å²) < 4.78 is 22.6. The van der Waals surface area contributed by atoms with Crippen LogP contribution >= 0.6 is 0 Å². The second-order valence-electron chi connectivity index (χ2n) is 8.84. The molecule has 2 aliphatic heterocycles. The number of carbonyl (C=O) groups is 1. The Kier molecular flexibility index (Phi) is 13.4. The van der Waals surface area contributed by atoms with Gasteiger partial charge in [0.1, 0.15) is 12.9 Å². The molecule has 0 aromatic rings. The Hall–Kier alpha value is -0.910. The highest BCUT2D eigenvalue weighted by Gasteiger charge is 2.38. The molecule has 1 fully saturated rings. The van der Waals surface area contributed by atoms with Gasteiger partial charge >= 0.3 is 5.97 Å². The number of hydrogen-bond donors (Lipinski definition) is 0. The minimum atomic E-state index is -0.268. The molecule has 0 aromatic carbocycles. The van der Waals surface area contributed by atoms with Crippen LogP contribution < -0.4 is 0 Å². The first-order valence-electron chi connectivity index (χ1n) is 12.4. The molecule has 2 aliphatic rings. The lowest BCUT2D eigenvalue weighted by Crippen LogP contribution is -2.33. The summed E-state index contributed by atoms with van der Waals surface area (Å²) in [4.78, 5) is 11.3. The van der Waals surface area contributed by atoms with Crippen molar-refractivity contribution in [2.24, 2.45) is 0 Å². The van der Waals surface area contributed by atoms with Crippen molar-refractivity contribution < 1.29 is 23.7 Å². The number of rotatable bonds is 18. The average molecular weight is 425 g/mol. The van der Waals surface area contributed by atoms with Crippen LogP contribution in [0.2, 0.25) is 0 Å². The Balaban J connectivity index is 1.53. The summed E-state index contributed by atoms with van der Waals surface area (Å²) in [5.74, 6) is -0.268. The van der Waals surface area contributed by atoms with Crippen molar-refractivity contribution in [1.82, 2.24) is 0 Å². The zero-order valence-corrected chi connectivity index (χ0v) is 19.3. The predicted molar refractivity (Wildman–Crippen MR) is 119 cm³/mol. The highest BCUT2D eigenvalue weighted by molar-refractivity contribution is 5.84. The molecule has 0 aromatic heterocycles. The maximum absolute atomic E-state index is 11.3. The summed E-state index contributed by atoms with van der Waals surface area (Å²) in [6.45, 7) is 2.57. The van der Waals surface area contributed by atoms with E-state index in [-0.39, 0.29) is 30.4 Å². The van der Waals surface area contributed by atoms with Gasteiger partial charge in [-0.05, 0) is 25.3 Å². The molecular formula is C25H44O5. The molecule has 0 spiro atoms. The molecule has 0 aliphatic carbocycles. The Labute approximate surface area is 183 Å². The predicted octanol–water partition coefficient (Wildman–Crippen LogP) is 6.10. The van der Waals surface area contributed by atoms with Crippen LogP contribution in [0.1, 0.15) is 103 Å². The summed E-state index contributed by atoms with van der Waals surface area (Å²) in [6, 6.07) is 0. The fraction of sp³-hybridized carbons (Fsp3) is 0.880. The normalized spacial score (nSPS) is 24.5. The van der Waals surface area contributed by atoms with E-state index in [0.29, 0.717) is 6.79 Å². The molecule has 2 heterocycles. The fourth-order valence-electron chi connectivity index (χ4n) is 4.51. The van der Waals surface area contributed by atoms with Crippen LogP contribution in [0.4, 0.5) is 0 Å². The summed E-state index contributed by atoms with van der Waals surface area (Å²) >= 11 is 0. The largest absolute Gasteiger partial charge is 0.452 e. The summed E-state index contributed by atoms with van der Waals surface area (Å²) in [7, 11) is 1.65. The number of methoxy groups -OCH3 is 1. The van der Waals surface area contributed by atoms with E-state index in [1.54, 1.807) is 7.11 Å². The monoisotopic (exact) mass is 424 g/mol. The zero-order chi connectivity index (χ0) is 21.4. The topological polar surface area (TPSA) is 54.0 Å². The van der Waals surface area contributed by atoms with Crippen LogP contribution in [0.5, 0.6) is 0 Å². The van der Waals surface area contributed by atoms with Gasteiger partial charge < -0.3 is 18.9 Å². The van der Waals surface area contributed by atoms with Crippen molar-refractivity contribution in [3.63, 3.8) is 0 Å². The van der Waals surface area contributed by atoms with Gasteiger partial charge in [-0.2, -0.15) is 0 Å². The first-order valence-corrected chi connectivity index (χ1v) is 12.4. The number of unbranched alkanes of at least 4 members (excludes halogenated alkanes) is 11. The van der Waals surface area contributed by atoms with Crippen molar-refractivity contribution in [3.05, 3.63) is 12.2 Å². The Morgan fingerprint density at radius 1 is 0.967 bits per heavy atom. The van der Waals surface area contributed by atoms with Gasteiger partial charge in [0.2, 0.25) is 0 Å². The highest BCUT2D eigenvalue weighted by atomic mass is 16.7. The van der Waals surface area contributed by atoms with E-state index >= 15 is 0 Å². The van der Waals surface area contributed by atoms with Gasteiger partial charge in [0.15, 0.2) is 0 Å². The van der Waals surface area contributed by atoms with Crippen molar-refractivity contribution in [1.29, 1.82) is 0 Å². The molecule has 1 unspecified atom stereocenters. The number of carbonyl (C=O) groups excluding carboxylic acids is 1. The van der Waals surface area contributed by atoms with Crippen molar-refractivity contribution in [3.8, 4) is 0 Å². The number of hydrogen-bond acceptors (Lipinski definition) is 5. The molecule has 1 saturated heterocycles. The number of cyclic esters (lactones) is 1. The fourth-order valence-corrected chi connectivity index (χ4v) is 4.51. The Bertz CT molecular complexity index is 478. The van der Waals surface area contributed by atoms with Crippen LogP contribution in [-0.2, 0) is 23.7 Å². The van der Waals surface area contributed by atoms with Crippen LogP contribution in [0, 0.1) is 0 Å². The second kappa shape index (κ2) is 15.8. The maximum Gasteiger partial charge on any atom is 0.331 e. The minimum absolute atomic E-state index is 0.0479. The number of esters is 1. The van der Waals surface area contributed by atoms with E-state index < -0.39 is 0 Å². The van der Waals surface area contributed by atoms with Gasteiger partial charge in [0, 0.05) is 13.2 Å². The third kappa shape index (κ3) is 9.93. The van der Waals surface area contributed by atoms with E-state index in [4.69, 9.17) is 18.9 Å². The second-order valence-corrected chi connectivity index (χ2v) is 8.84.